The van der Waals surface area contributed by atoms with Crippen LogP contribution >= 0.6 is 11.3 Å². The number of pyridine rings is 1. The van der Waals surface area contributed by atoms with Gasteiger partial charge in [0.05, 0.1) is 22.4 Å². The summed E-state index contributed by atoms with van der Waals surface area (Å²) in [4.78, 5) is 32.8. The highest BCUT2D eigenvalue weighted by Gasteiger charge is 2.50. The van der Waals surface area contributed by atoms with Crippen LogP contribution in [-0.4, -0.2) is 41.3 Å². The molecule has 23 heavy (non-hydrogen) atoms. The van der Waals surface area contributed by atoms with Gasteiger partial charge < -0.3 is 9.80 Å². The Labute approximate surface area is 138 Å². The van der Waals surface area contributed by atoms with E-state index in [-0.39, 0.29) is 17.2 Å². The third-order valence-corrected chi connectivity index (χ3v) is 5.54. The quantitative estimate of drug-likeness (QED) is 0.807. The van der Waals surface area contributed by atoms with Gasteiger partial charge in [0.1, 0.15) is 0 Å². The van der Waals surface area contributed by atoms with Gasteiger partial charge in [0.25, 0.3) is 5.91 Å². The van der Waals surface area contributed by atoms with Gasteiger partial charge in [0.2, 0.25) is 5.91 Å². The van der Waals surface area contributed by atoms with Crippen molar-refractivity contribution in [1.29, 1.82) is 0 Å². The van der Waals surface area contributed by atoms with Gasteiger partial charge in [-0.15, -0.1) is 0 Å². The van der Waals surface area contributed by atoms with Crippen molar-refractivity contribution in [3.8, 4) is 0 Å². The third kappa shape index (κ3) is 2.16. The fraction of sp³-hybridized carbons (Fsp3) is 0.353. The smallest absolute Gasteiger partial charge is 0.259 e. The lowest BCUT2D eigenvalue weighted by atomic mass is 9.85. The molecule has 0 bridgehead atoms. The molecule has 0 unspecified atom stereocenters. The van der Waals surface area contributed by atoms with Crippen LogP contribution in [0.25, 0.3) is 0 Å². The first-order chi connectivity index (χ1) is 11.1. The number of amides is 2. The van der Waals surface area contributed by atoms with Crippen molar-refractivity contribution >= 4 is 28.8 Å². The summed E-state index contributed by atoms with van der Waals surface area (Å²) in [6.45, 7) is 3.56. The molecule has 6 heteroatoms. The van der Waals surface area contributed by atoms with E-state index in [1.54, 1.807) is 13.1 Å². The number of anilines is 1. The zero-order chi connectivity index (χ0) is 16.0. The number of aromatic nitrogens is 1. The summed E-state index contributed by atoms with van der Waals surface area (Å²) < 4.78 is 0. The Morgan fingerprint density at radius 1 is 1.30 bits per heavy atom. The van der Waals surface area contributed by atoms with E-state index >= 15 is 0 Å². The highest BCUT2D eigenvalue weighted by molar-refractivity contribution is 7.08. The summed E-state index contributed by atoms with van der Waals surface area (Å²) in [7, 11) is 0. The van der Waals surface area contributed by atoms with Crippen molar-refractivity contribution in [2.24, 2.45) is 0 Å². The number of rotatable bonds is 1. The maximum absolute atomic E-state index is 12.9. The van der Waals surface area contributed by atoms with Crippen molar-refractivity contribution in [3.05, 3.63) is 46.4 Å². The van der Waals surface area contributed by atoms with Crippen LogP contribution in [0.2, 0.25) is 0 Å². The minimum Gasteiger partial charge on any atom is -0.342 e. The second-order valence-corrected chi connectivity index (χ2v) is 7.03. The second-order valence-electron chi connectivity index (χ2n) is 6.25. The number of hydrogen-bond donors (Lipinski definition) is 0. The number of fused-ring (bicyclic) bond motifs is 2. The summed E-state index contributed by atoms with van der Waals surface area (Å²) in [6.07, 6.45) is 2.62. The van der Waals surface area contributed by atoms with Crippen molar-refractivity contribution in [2.75, 3.05) is 24.5 Å². The molecule has 2 aliphatic heterocycles. The van der Waals surface area contributed by atoms with Gasteiger partial charge in [-0.1, -0.05) is 0 Å². The fourth-order valence-corrected chi connectivity index (χ4v) is 4.30. The van der Waals surface area contributed by atoms with Gasteiger partial charge >= 0.3 is 0 Å². The van der Waals surface area contributed by atoms with E-state index in [0.717, 1.165) is 24.3 Å². The molecular formula is C17H17N3O2S. The summed E-state index contributed by atoms with van der Waals surface area (Å²) in [5, 5.41) is 3.79. The monoisotopic (exact) mass is 327 g/mol. The molecular weight excluding hydrogens is 310 g/mol. The number of hydrogen-bond acceptors (Lipinski definition) is 4. The fourth-order valence-electron chi connectivity index (χ4n) is 3.67. The number of nitrogens with zero attached hydrogens (tertiary/aromatic N) is 3. The highest BCUT2D eigenvalue weighted by Crippen LogP contribution is 2.45. The van der Waals surface area contributed by atoms with Gasteiger partial charge in [0.15, 0.2) is 0 Å². The standard InChI is InChI=1S/C17H17N3O2S/c1-12(21)19-7-5-17(10-19)11-20(14-3-2-6-18-15(14)17)16(22)13-4-8-23-9-13/h2-4,6,8-9H,5,7,10-11H2,1H3/t17-/m0/s1. The minimum atomic E-state index is -0.228. The summed E-state index contributed by atoms with van der Waals surface area (Å²) >= 11 is 1.52. The van der Waals surface area contributed by atoms with Crippen LogP contribution in [0, 0.1) is 0 Å². The topological polar surface area (TPSA) is 53.5 Å². The lowest BCUT2D eigenvalue weighted by Crippen LogP contribution is -2.40. The molecule has 4 rings (SSSR count). The molecule has 118 valence electrons. The predicted octanol–water partition coefficient (Wildman–Crippen LogP) is 2.29. The average molecular weight is 327 g/mol. The molecule has 0 aliphatic carbocycles. The highest BCUT2D eigenvalue weighted by atomic mass is 32.1. The average Bonchev–Trinajstić information content (AvgIpc) is 3.28. The van der Waals surface area contributed by atoms with E-state index in [2.05, 4.69) is 4.98 Å². The van der Waals surface area contributed by atoms with Crippen molar-refractivity contribution in [3.63, 3.8) is 0 Å². The lowest BCUT2D eigenvalue weighted by Gasteiger charge is -2.24. The Bertz CT molecular complexity index is 774. The van der Waals surface area contributed by atoms with E-state index in [1.807, 2.05) is 38.8 Å². The number of likely N-dealkylation sites (tertiary alicyclic amines) is 1. The molecule has 0 N–H and O–H groups in total. The third-order valence-electron chi connectivity index (χ3n) is 4.85. The number of thiophene rings is 1. The van der Waals surface area contributed by atoms with Gasteiger partial charge in [0, 0.05) is 38.1 Å². The maximum Gasteiger partial charge on any atom is 0.259 e. The molecule has 4 heterocycles. The lowest BCUT2D eigenvalue weighted by molar-refractivity contribution is -0.127. The molecule has 0 radical (unpaired) electrons. The van der Waals surface area contributed by atoms with E-state index in [1.165, 1.54) is 11.3 Å². The predicted molar refractivity (Wildman–Crippen MR) is 88.8 cm³/mol. The summed E-state index contributed by atoms with van der Waals surface area (Å²) in [6, 6.07) is 5.67. The van der Waals surface area contributed by atoms with Gasteiger partial charge in [-0.2, -0.15) is 11.3 Å². The minimum absolute atomic E-state index is 0.0126. The molecule has 2 aromatic rings. The Hall–Kier alpha value is -2.21. The SMILES string of the molecule is CC(=O)N1CC[C@]2(C1)CN(C(=O)c1ccsc1)c1cccnc12. The van der Waals surface area contributed by atoms with E-state index < -0.39 is 0 Å². The van der Waals surface area contributed by atoms with Crippen molar-refractivity contribution < 1.29 is 9.59 Å². The van der Waals surface area contributed by atoms with Crippen molar-refractivity contribution in [1.82, 2.24) is 9.88 Å². The first kappa shape index (κ1) is 14.4. The van der Waals surface area contributed by atoms with E-state index in [9.17, 15) is 9.59 Å². The maximum atomic E-state index is 12.9. The Morgan fingerprint density at radius 2 is 2.17 bits per heavy atom. The normalized spacial score (nSPS) is 22.7. The van der Waals surface area contributed by atoms with Gasteiger partial charge in [-0.3, -0.25) is 14.6 Å². The first-order valence-electron chi connectivity index (χ1n) is 7.66. The largest absolute Gasteiger partial charge is 0.342 e. The van der Waals surface area contributed by atoms with Crippen LogP contribution < -0.4 is 4.90 Å². The van der Waals surface area contributed by atoms with Crippen LogP contribution in [0.4, 0.5) is 5.69 Å². The summed E-state index contributed by atoms with van der Waals surface area (Å²) in [5.41, 5.74) is 2.32. The molecule has 1 spiro atoms. The molecule has 2 aromatic heterocycles. The van der Waals surface area contributed by atoms with Crippen LogP contribution in [-0.2, 0) is 10.2 Å². The van der Waals surface area contributed by atoms with Crippen LogP contribution in [0.5, 0.6) is 0 Å². The van der Waals surface area contributed by atoms with Crippen LogP contribution in [0.15, 0.2) is 35.2 Å². The molecule has 0 aromatic carbocycles. The zero-order valence-electron chi connectivity index (χ0n) is 12.9. The van der Waals surface area contributed by atoms with Crippen LogP contribution in [0.1, 0.15) is 29.4 Å². The molecule has 1 saturated heterocycles. The molecule has 5 nitrogen and oxygen atoms in total. The van der Waals surface area contributed by atoms with Crippen LogP contribution in [0.3, 0.4) is 0 Å². The molecule has 1 fully saturated rings. The van der Waals surface area contributed by atoms with Gasteiger partial charge in [-0.05, 0) is 30.0 Å². The summed E-state index contributed by atoms with van der Waals surface area (Å²) in [5.74, 6) is 0.0978. The Kier molecular flexibility index (Phi) is 3.23. The van der Waals surface area contributed by atoms with Gasteiger partial charge in [-0.25, -0.2) is 0 Å². The first-order valence-corrected chi connectivity index (χ1v) is 8.60. The molecule has 2 amide bonds. The number of carbonyl (C=O) groups excluding carboxylic acids is 2. The Morgan fingerprint density at radius 3 is 2.87 bits per heavy atom. The number of carbonyl (C=O) groups is 2. The molecule has 1 atom stereocenters. The molecule has 0 saturated carbocycles. The van der Waals surface area contributed by atoms with Crippen molar-refractivity contribution in [2.45, 2.75) is 18.8 Å². The zero-order valence-corrected chi connectivity index (χ0v) is 13.7. The molecule has 2 aliphatic rings. The Balaban J connectivity index is 1.73. The van der Waals surface area contributed by atoms with E-state index in [4.69, 9.17) is 0 Å². The second kappa shape index (κ2) is 5.16. The van der Waals surface area contributed by atoms with E-state index in [0.29, 0.717) is 18.7 Å².